The van der Waals surface area contributed by atoms with Crippen LogP contribution in [0.2, 0.25) is 5.28 Å². The van der Waals surface area contributed by atoms with Crippen LogP contribution in [0.25, 0.3) is 0 Å². The topological polar surface area (TPSA) is 30.7 Å². The Hall–Kier alpha value is -0.570. The number of aryl methyl sites for hydroxylation is 1. The van der Waals surface area contributed by atoms with Crippen LogP contribution in [0.15, 0.2) is 0 Å². The monoisotopic (exact) mass is 241 g/mol. The van der Waals surface area contributed by atoms with Crippen LogP contribution < -0.4 is 0 Å². The number of nitrogens with zero attached hydrogens (tertiary/aromatic N) is 3. The molecule has 0 saturated heterocycles. The first-order valence-electron chi connectivity index (χ1n) is 6.42. The van der Waals surface area contributed by atoms with Crippen molar-refractivity contribution in [2.75, 3.05) is 0 Å². The summed E-state index contributed by atoms with van der Waals surface area (Å²) in [6, 6.07) is 0.526. The van der Waals surface area contributed by atoms with Crippen molar-refractivity contribution in [2.45, 2.75) is 64.3 Å². The molecule has 0 amide bonds. The molecule has 1 fully saturated rings. The molecule has 1 aliphatic rings. The zero-order valence-electron chi connectivity index (χ0n) is 9.95. The van der Waals surface area contributed by atoms with Crippen molar-refractivity contribution >= 4 is 11.6 Å². The zero-order valence-corrected chi connectivity index (χ0v) is 10.7. The van der Waals surface area contributed by atoms with Crippen molar-refractivity contribution < 1.29 is 0 Å². The third kappa shape index (κ3) is 2.57. The lowest BCUT2D eigenvalue weighted by Crippen LogP contribution is -2.14. The third-order valence-corrected chi connectivity index (χ3v) is 3.74. The number of halogens is 1. The molecule has 3 nitrogen and oxygen atoms in total. The van der Waals surface area contributed by atoms with Crippen LogP contribution in [0.1, 0.15) is 63.7 Å². The minimum atomic E-state index is 0.526. The molecule has 0 unspecified atom stereocenters. The van der Waals surface area contributed by atoms with Crippen LogP contribution in [0.5, 0.6) is 0 Å². The van der Waals surface area contributed by atoms with E-state index in [1.807, 2.05) is 0 Å². The van der Waals surface area contributed by atoms with Gasteiger partial charge >= 0.3 is 0 Å². The molecule has 1 aromatic rings. The maximum Gasteiger partial charge on any atom is 0.225 e. The molecule has 16 heavy (non-hydrogen) atoms. The lowest BCUT2D eigenvalue weighted by Gasteiger charge is -2.22. The fourth-order valence-corrected chi connectivity index (χ4v) is 2.87. The van der Waals surface area contributed by atoms with Gasteiger partial charge in [-0.1, -0.05) is 39.0 Å². The van der Waals surface area contributed by atoms with E-state index in [2.05, 4.69) is 21.7 Å². The lowest BCUT2D eigenvalue weighted by molar-refractivity contribution is 0.364. The van der Waals surface area contributed by atoms with Crippen molar-refractivity contribution in [1.82, 2.24) is 14.8 Å². The van der Waals surface area contributed by atoms with Gasteiger partial charge in [0.25, 0.3) is 0 Å². The van der Waals surface area contributed by atoms with Crippen molar-refractivity contribution in [1.29, 1.82) is 0 Å². The molecule has 2 rings (SSSR count). The number of hydrogen-bond acceptors (Lipinski definition) is 2. The minimum Gasteiger partial charge on any atom is -0.299 e. The van der Waals surface area contributed by atoms with Gasteiger partial charge in [0.2, 0.25) is 5.28 Å². The van der Waals surface area contributed by atoms with Crippen molar-refractivity contribution in [3.63, 3.8) is 0 Å². The van der Waals surface area contributed by atoms with E-state index in [0.717, 1.165) is 12.2 Å². The van der Waals surface area contributed by atoms with Crippen molar-refractivity contribution in [3.05, 3.63) is 11.1 Å². The highest BCUT2D eigenvalue weighted by atomic mass is 35.5. The molecule has 0 aliphatic heterocycles. The average Bonchev–Trinajstić information content (AvgIpc) is 2.60. The van der Waals surface area contributed by atoms with E-state index in [4.69, 9.17) is 11.6 Å². The Labute approximate surface area is 102 Å². The van der Waals surface area contributed by atoms with E-state index in [1.165, 1.54) is 44.9 Å². The molecule has 1 aromatic heterocycles. The predicted octanol–water partition coefficient (Wildman–Crippen LogP) is 3.78. The minimum absolute atomic E-state index is 0.526. The molecule has 0 atom stereocenters. The van der Waals surface area contributed by atoms with Crippen LogP contribution in [-0.2, 0) is 6.42 Å². The quantitative estimate of drug-likeness (QED) is 0.789. The lowest BCUT2D eigenvalue weighted by atomic mass is 9.96. The molecule has 1 saturated carbocycles. The first-order chi connectivity index (χ1) is 7.83. The second kappa shape index (κ2) is 5.67. The molecular formula is C12H20ClN3. The molecule has 0 aromatic carbocycles. The zero-order chi connectivity index (χ0) is 11.4. The fourth-order valence-electron chi connectivity index (χ4n) is 2.60. The van der Waals surface area contributed by atoms with E-state index in [0.29, 0.717) is 11.3 Å². The summed E-state index contributed by atoms with van der Waals surface area (Å²) in [4.78, 5) is 0. The van der Waals surface area contributed by atoms with Gasteiger partial charge in [0.1, 0.15) is 5.82 Å². The molecule has 1 heterocycles. The van der Waals surface area contributed by atoms with Crippen molar-refractivity contribution in [2.24, 2.45) is 0 Å². The first kappa shape index (κ1) is 11.9. The van der Waals surface area contributed by atoms with Gasteiger partial charge in [-0.2, -0.15) is 0 Å². The summed E-state index contributed by atoms with van der Waals surface area (Å²) in [5.74, 6) is 1.04. The normalized spacial score (nSPS) is 19.4. The van der Waals surface area contributed by atoms with Crippen LogP contribution in [0, 0.1) is 0 Å². The standard InChI is InChI=1S/C12H20ClN3/c1-2-11-14-15-12(13)16(11)10-8-6-4-3-5-7-9-10/h10H,2-9H2,1H3. The second-order valence-corrected chi connectivity index (χ2v) is 4.95. The molecule has 4 heteroatoms. The molecule has 0 radical (unpaired) electrons. The molecule has 0 N–H and O–H groups in total. The molecule has 1 aliphatic carbocycles. The van der Waals surface area contributed by atoms with Gasteiger partial charge in [-0.3, -0.25) is 4.57 Å². The molecular weight excluding hydrogens is 222 g/mol. The molecule has 0 spiro atoms. The summed E-state index contributed by atoms with van der Waals surface area (Å²) in [7, 11) is 0. The Kier molecular flexibility index (Phi) is 4.22. The summed E-state index contributed by atoms with van der Waals surface area (Å²) in [5, 5.41) is 8.71. The largest absolute Gasteiger partial charge is 0.299 e. The van der Waals surface area contributed by atoms with Gasteiger partial charge in [0.05, 0.1) is 0 Å². The van der Waals surface area contributed by atoms with E-state index in [-0.39, 0.29) is 0 Å². The Morgan fingerprint density at radius 1 is 1.12 bits per heavy atom. The highest BCUT2D eigenvalue weighted by Crippen LogP contribution is 2.29. The second-order valence-electron chi connectivity index (χ2n) is 4.61. The van der Waals surface area contributed by atoms with Gasteiger partial charge in [-0.25, -0.2) is 0 Å². The summed E-state index contributed by atoms with van der Waals surface area (Å²) >= 11 is 6.14. The summed E-state index contributed by atoms with van der Waals surface area (Å²) in [6.45, 7) is 2.11. The summed E-state index contributed by atoms with van der Waals surface area (Å²) in [6.07, 6.45) is 10.1. The molecule has 0 bridgehead atoms. The highest BCUT2D eigenvalue weighted by molar-refractivity contribution is 6.28. The molecule has 90 valence electrons. The van der Waals surface area contributed by atoms with Gasteiger partial charge in [-0.05, 0) is 24.4 Å². The van der Waals surface area contributed by atoms with E-state index in [1.54, 1.807) is 0 Å². The first-order valence-corrected chi connectivity index (χ1v) is 6.80. The van der Waals surface area contributed by atoms with Gasteiger partial charge in [0, 0.05) is 12.5 Å². The Morgan fingerprint density at radius 3 is 2.38 bits per heavy atom. The van der Waals surface area contributed by atoms with E-state index >= 15 is 0 Å². The third-order valence-electron chi connectivity index (χ3n) is 3.48. The predicted molar refractivity (Wildman–Crippen MR) is 65.8 cm³/mol. The van der Waals surface area contributed by atoms with Gasteiger partial charge in [0.15, 0.2) is 0 Å². The van der Waals surface area contributed by atoms with Crippen LogP contribution >= 0.6 is 11.6 Å². The fraction of sp³-hybridized carbons (Fsp3) is 0.833. The van der Waals surface area contributed by atoms with Crippen LogP contribution in [-0.4, -0.2) is 14.8 Å². The smallest absolute Gasteiger partial charge is 0.225 e. The van der Waals surface area contributed by atoms with Crippen molar-refractivity contribution in [3.8, 4) is 0 Å². The maximum absolute atomic E-state index is 6.14. The number of hydrogen-bond donors (Lipinski definition) is 0. The highest BCUT2D eigenvalue weighted by Gasteiger charge is 2.19. The number of rotatable bonds is 2. The maximum atomic E-state index is 6.14. The SMILES string of the molecule is CCc1nnc(Cl)n1C1CCCCCCC1. The number of aromatic nitrogens is 3. The van der Waals surface area contributed by atoms with Gasteiger partial charge in [-0.15, -0.1) is 10.2 Å². The Bertz CT molecular complexity index is 327. The van der Waals surface area contributed by atoms with E-state index < -0.39 is 0 Å². The summed E-state index contributed by atoms with van der Waals surface area (Å²) in [5.41, 5.74) is 0. The van der Waals surface area contributed by atoms with Gasteiger partial charge < -0.3 is 0 Å². The Balaban J connectivity index is 2.16. The Morgan fingerprint density at radius 2 is 1.75 bits per heavy atom. The van der Waals surface area contributed by atoms with Crippen LogP contribution in [0.4, 0.5) is 0 Å². The van der Waals surface area contributed by atoms with E-state index in [9.17, 15) is 0 Å². The average molecular weight is 242 g/mol. The summed E-state index contributed by atoms with van der Waals surface area (Å²) < 4.78 is 2.16. The van der Waals surface area contributed by atoms with Crippen LogP contribution in [0.3, 0.4) is 0 Å².